The molecule has 1 heterocycles. The smallest absolute Gasteiger partial charge is 0.186 e. The molecule has 2 aromatic rings. The number of benzene rings is 1. The molecule has 0 unspecified atom stereocenters. The third-order valence-electron chi connectivity index (χ3n) is 3.09. The van der Waals surface area contributed by atoms with Gasteiger partial charge in [-0.1, -0.05) is 6.07 Å². The summed E-state index contributed by atoms with van der Waals surface area (Å²) < 4.78 is 12.5. The number of pyridine rings is 1. The molecule has 0 radical (unpaired) electrons. The quantitative estimate of drug-likeness (QED) is 0.658. The highest BCUT2D eigenvalue weighted by Gasteiger charge is 2.07. The summed E-state index contributed by atoms with van der Waals surface area (Å²) in [6.45, 7) is 0.811. The second-order valence-electron chi connectivity index (χ2n) is 4.38. The zero-order valence-corrected chi connectivity index (χ0v) is 13.6. The lowest BCUT2D eigenvalue weighted by molar-refractivity contribution is -0.696. The molecule has 110 valence electrons. The molecule has 0 N–H and O–H groups in total. The molecule has 0 fully saturated rings. The largest absolute Gasteiger partial charge is 1.00 e. The fourth-order valence-electron chi connectivity index (χ4n) is 2.02. The Balaban J connectivity index is 0.00000220. The highest BCUT2D eigenvalue weighted by Crippen LogP contribution is 2.27. The van der Waals surface area contributed by atoms with E-state index in [9.17, 15) is 0 Å². The molecule has 0 atom stereocenters. The van der Waals surface area contributed by atoms with Gasteiger partial charge in [0.1, 0.15) is 11.6 Å². The van der Waals surface area contributed by atoms with Crippen LogP contribution in [0.3, 0.4) is 0 Å². The summed E-state index contributed by atoms with van der Waals surface area (Å²) in [7, 11) is 3.26. The highest BCUT2D eigenvalue weighted by molar-refractivity contribution is 5.42. The molecule has 0 saturated heterocycles. The molecule has 0 amide bonds. The van der Waals surface area contributed by atoms with Gasteiger partial charge in [-0.2, -0.15) is 5.26 Å². The van der Waals surface area contributed by atoms with Crippen LogP contribution in [0.1, 0.15) is 11.1 Å². The molecule has 0 saturated carbocycles. The maximum Gasteiger partial charge on any atom is 0.186 e. The number of hydrogen-bond donors (Lipinski definition) is 0. The molecular weight excluding hydrogens is 332 g/mol. The van der Waals surface area contributed by atoms with E-state index in [0.717, 1.165) is 30.0 Å². The summed E-state index contributed by atoms with van der Waals surface area (Å²) in [6, 6.07) is 11.7. The van der Waals surface area contributed by atoms with Crippen LogP contribution in [0, 0.1) is 11.3 Å². The molecule has 1 aromatic carbocycles. The van der Waals surface area contributed by atoms with Crippen LogP contribution in [-0.2, 0) is 13.0 Å². The maximum atomic E-state index is 8.88. The van der Waals surface area contributed by atoms with Crippen molar-refractivity contribution in [1.82, 2.24) is 0 Å². The van der Waals surface area contributed by atoms with Crippen LogP contribution in [0.5, 0.6) is 11.5 Å². The monoisotopic (exact) mass is 348 g/mol. The summed E-state index contributed by atoms with van der Waals surface area (Å²) in [5.41, 5.74) is 1.83. The van der Waals surface area contributed by atoms with E-state index < -0.39 is 0 Å². The van der Waals surface area contributed by atoms with Crippen LogP contribution in [0.4, 0.5) is 0 Å². The van der Waals surface area contributed by atoms with Crippen molar-refractivity contribution in [2.75, 3.05) is 14.2 Å². The van der Waals surface area contributed by atoms with E-state index in [4.69, 9.17) is 14.7 Å². The first-order chi connectivity index (χ1) is 9.76. The number of nitriles is 1. The fourth-order valence-corrected chi connectivity index (χ4v) is 2.02. The van der Waals surface area contributed by atoms with Crippen LogP contribution >= 0.6 is 0 Å². The molecule has 5 heteroatoms. The lowest BCUT2D eigenvalue weighted by atomic mass is 10.1. The Morgan fingerprint density at radius 1 is 1.14 bits per heavy atom. The average Bonchev–Trinajstić information content (AvgIpc) is 2.52. The molecular formula is C16H17BrN2O2. The number of aromatic nitrogens is 1. The van der Waals surface area contributed by atoms with Gasteiger partial charge in [-0.3, -0.25) is 0 Å². The van der Waals surface area contributed by atoms with Crippen molar-refractivity contribution in [3.63, 3.8) is 0 Å². The van der Waals surface area contributed by atoms with Crippen LogP contribution in [0.2, 0.25) is 0 Å². The predicted octanol–water partition coefficient (Wildman–Crippen LogP) is -0.890. The first kappa shape index (κ1) is 17.0. The Kier molecular flexibility index (Phi) is 6.70. The number of methoxy groups -OCH3 is 2. The molecule has 1 aromatic heterocycles. The Morgan fingerprint density at radius 2 is 1.90 bits per heavy atom. The van der Waals surface area contributed by atoms with E-state index in [1.54, 1.807) is 20.3 Å². The van der Waals surface area contributed by atoms with Crippen molar-refractivity contribution < 1.29 is 31.0 Å². The molecule has 0 bridgehead atoms. The number of aryl methyl sites for hydroxylation is 2. The van der Waals surface area contributed by atoms with Crippen molar-refractivity contribution in [2.45, 2.75) is 13.0 Å². The number of hydrogen-bond acceptors (Lipinski definition) is 3. The van der Waals surface area contributed by atoms with Gasteiger partial charge in [-0.25, -0.2) is 4.57 Å². The van der Waals surface area contributed by atoms with Crippen LogP contribution < -0.4 is 31.0 Å². The van der Waals surface area contributed by atoms with E-state index in [2.05, 4.69) is 6.07 Å². The van der Waals surface area contributed by atoms with Crippen LogP contribution in [0.25, 0.3) is 0 Å². The normalized spacial score (nSPS) is 9.38. The van der Waals surface area contributed by atoms with Crippen molar-refractivity contribution in [3.05, 3.63) is 53.9 Å². The fraction of sp³-hybridized carbons (Fsp3) is 0.250. The van der Waals surface area contributed by atoms with Gasteiger partial charge >= 0.3 is 0 Å². The second kappa shape index (κ2) is 8.28. The zero-order chi connectivity index (χ0) is 14.4. The molecule has 0 aliphatic carbocycles. The first-order valence-corrected chi connectivity index (χ1v) is 6.37. The number of halogens is 1. The van der Waals surface area contributed by atoms with Crippen LogP contribution in [0.15, 0.2) is 42.7 Å². The summed E-state index contributed by atoms with van der Waals surface area (Å²) >= 11 is 0. The Hall–Kier alpha value is -2.06. The minimum Gasteiger partial charge on any atom is -1.00 e. The Bertz CT molecular complexity index is 638. The van der Waals surface area contributed by atoms with Gasteiger partial charge in [-0.05, 0) is 23.8 Å². The highest BCUT2D eigenvalue weighted by atomic mass is 79.9. The van der Waals surface area contributed by atoms with Gasteiger partial charge in [0.15, 0.2) is 30.4 Å². The summed E-state index contributed by atoms with van der Waals surface area (Å²) in [4.78, 5) is 0. The van der Waals surface area contributed by atoms with Crippen LogP contribution in [-0.4, -0.2) is 14.2 Å². The SMILES string of the molecule is COc1ccc(CC[n+]2cccc(C#N)c2)cc1OC.[Br-]. The zero-order valence-electron chi connectivity index (χ0n) is 12.0. The summed E-state index contributed by atoms with van der Waals surface area (Å²) in [6.07, 6.45) is 4.67. The summed E-state index contributed by atoms with van der Waals surface area (Å²) in [5.74, 6) is 1.47. The molecule has 0 spiro atoms. The van der Waals surface area contributed by atoms with Crippen molar-refractivity contribution in [2.24, 2.45) is 0 Å². The maximum absolute atomic E-state index is 8.88. The van der Waals surface area contributed by atoms with Gasteiger partial charge in [-0.15, -0.1) is 0 Å². The van der Waals surface area contributed by atoms with Crippen molar-refractivity contribution in [1.29, 1.82) is 5.26 Å². The lowest BCUT2D eigenvalue weighted by Crippen LogP contribution is -3.00. The first-order valence-electron chi connectivity index (χ1n) is 6.37. The topological polar surface area (TPSA) is 46.1 Å². The van der Waals surface area contributed by atoms with E-state index >= 15 is 0 Å². The van der Waals surface area contributed by atoms with Gasteiger partial charge in [0, 0.05) is 12.5 Å². The summed E-state index contributed by atoms with van der Waals surface area (Å²) in [5, 5.41) is 8.88. The van der Waals surface area contributed by atoms with E-state index in [1.165, 1.54) is 0 Å². The molecule has 0 aliphatic rings. The van der Waals surface area contributed by atoms with Crippen molar-refractivity contribution >= 4 is 0 Å². The Labute approximate surface area is 135 Å². The second-order valence-corrected chi connectivity index (χ2v) is 4.38. The van der Waals surface area contributed by atoms with E-state index in [0.29, 0.717) is 5.56 Å². The third kappa shape index (κ3) is 4.47. The predicted molar refractivity (Wildman–Crippen MR) is 74.6 cm³/mol. The minimum absolute atomic E-state index is 0. The Morgan fingerprint density at radius 3 is 2.57 bits per heavy atom. The molecule has 4 nitrogen and oxygen atoms in total. The van der Waals surface area contributed by atoms with Gasteiger partial charge in [0.05, 0.1) is 14.2 Å². The van der Waals surface area contributed by atoms with Gasteiger partial charge < -0.3 is 26.5 Å². The number of rotatable bonds is 5. The van der Waals surface area contributed by atoms with E-state index in [1.807, 2.05) is 41.2 Å². The minimum atomic E-state index is 0. The van der Waals surface area contributed by atoms with Gasteiger partial charge in [0.25, 0.3) is 0 Å². The molecule has 21 heavy (non-hydrogen) atoms. The average molecular weight is 349 g/mol. The lowest BCUT2D eigenvalue weighted by Gasteiger charge is -2.08. The van der Waals surface area contributed by atoms with Crippen molar-refractivity contribution in [3.8, 4) is 17.6 Å². The third-order valence-corrected chi connectivity index (χ3v) is 3.09. The van der Waals surface area contributed by atoms with E-state index in [-0.39, 0.29) is 17.0 Å². The van der Waals surface area contributed by atoms with Gasteiger partial charge in [0.2, 0.25) is 0 Å². The molecule has 2 rings (SSSR count). The molecule has 0 aliphatic heterocycles. The standard InChI is InChI=1S/C16H17N2O2.BrH/c1-19-15-6-5-13(10-16(15)20-2)7-9-18-8-3-4-14(11-17)12-18;/h3-6,8,10,12H,7,9H2,1-2H3;1H/q+1;/p-1. The number of nitrogens with zero attached hydrogens (tertiary/aromatic N) is 2. The number of ether oxygens (including phenoxy) is 2.